The van der Waals surface area contributed by atoms with Gasteiger partial charge in [-0.3, -0.25) is 4.90 Å². The van der Waals surface area contributed by atoms with E-state index in [1.807, 2.05) is 29.5 Å². The van der Waals surface area contributed by atoms with Crippen LogP contribution in [0.1, 0.15) is 16.0 Å². The molecule has 2 aromatic rings. The summed E-state index contributed by atoms with van der Waals surface area (Å²) in [6.07, 6.45) is 0. The van der Waals surface area contributed by atoms with Crippen molar-refractivity contribution >= 4 is 11.3 Å². The van der Waals surface area contributed by atoms with E-state index in [0.717, 1.165) is 6.54 Å². The van der Waals surface area contributed by atoms with Crippen LogP contribution in [0.2, 0.25) is 0 Å². The lowest BCUT2D eigenvalue weighted by Crippen LogP contribution is -2.17. The van der Waals surface area contributed by atoms with E-state index in [4.69, 9.17) is 5.26 Å². The average molecular weight is 260 g/mol. The highest BCUT2D eigenvalue weighted by Gasteiger charge is 2.08. The fraction of sp³-hybridized carbons (Fsp3) is 0.214. The van der Waals surface area contributed by atoms with Crippen molar-refractivity contribution in [1.82, 2.24) is 4.90 Å². The highest BCUT2D eigenvalue weighted by atomic mass is 32.1. The molecule has 0 fully saturated rings. The third kappa shape index (κ3) is 3.16. The summed E-state index contributed by atoms with van der Waals surface area (Å²) in [6, 6.07) is 10.6. The first kappa shape index (κ1) is 12.7. The van der Waals surface area contributed by atoms with E-state index in [9.17, 15) is 4.39 Å². The SMILES string of the molecule is CN(Cc1cccs1)Cc1cc(C#N)ccc1F. The first-order valence-electron chi connectivity index (χ1n) is 5.58. The number of rotatable bonds is 4. The van der Waals surface area contributed by atoms with Crippen LogP contribution >= 0.6 is 11.3 Å². The quantitative estimate of drug-likeness (QED) is 0.842. The lowest BCUT2D eigenvalue weighted by atomic mass is 10.1. The van der Waals surface area contributed by atoms with Crippen molar-refractivity contribution in [2.75, 3.05) is 7.05 Å². The predicted molar refractivity (Wildman–Crippen MR) is 70.6 cm³/mol. The monoisotopic (exact) mass is 260 g/mol. The number of benzene rings is 1. The molecular formula is C14H13FN2S. The van der Waals surface area contributed by atoms with Crippen molar-refractivity contribution < 1.29 is 4.39 Å². The topological polar surface area (TPSA) is 27.0 Å². The molecule has 0 saturated heterocycles. The molecule has 2 nitrogen and oxygen atoms in total. The lowest BCUT2D eigenvalue weighted by molar-refractivity contribution is 0.316. The van der Waals surface area contributed by atoms with Crippen LogP contribution in [0.4, 0.5) is 4.39 Å². The molecule has 0 amide bonds. The van der Waals surface area contributed by atoms with Crippen molar-refractivity contribution in [2.24, 2.45) is 0 Å². The first-order valence-corrected chi connectivity index (χ1v) is 6.46. The summed E-state index contributed by atoms with van der Waals surface area (Å²) in [4.78, 5) is 3.28. The van der Waals surface area contributed by atoms with Gasteiger partial charge in [-0.1, -0.05) is 6.07 Å². The Labute approximate surface area is 110 Å². The molecule has 0 aliphatic rings. The van der Waals surface area contributed by atoms with E-state index in [2.05, 4.69) is 6.07 Å². The van der Waals surface area contributed by atoms with E-state index < -0.39 is 0 Å². The van der Waals surface area contributed by atoms with Crippen LogP contribution in [0.15, 0.2) is 35.7 Å². The third-order valence-corrected chi connectivity index (χ3v) is 3.48. The molecule has 0 radical (unpaired) electrons. The zero-order valence-electron chi connectivity index (χ0n) is 10.1. The van der Waals surface area contributed by atoms with Crippen LogP contribution < -0.4 is 0 Å². The second-order valence-electron chi connectivity index (χ2n) is 4.17. The molecule has 0 unspecified atom stereocenters. The van der Waals surface area contributed by atoms with Crippen LogP contribution in [0, 0.1) is 17.1 Å². The highest BCUT2D eigenvalue weighted by molar-refractivity contribution is 7.09. The molecule has 18 heavy (non-hydrogen) atoms. The Hall–Kier alpha value is -1.70. The van der Waals surface area contributed by atoms with Gasteiger partial charge in [0, 0.05) is 23.5 Å². The summed E-state index contributed by atoms with van der Waals surface area (Å²) in [5.74, 6) is -0.257. The van der Waals surface area contributed by atoms with Gasteiger partial charge in [-0.25, -0.2) is 4.39 Å². The maximum atomic E-state index is 13.6. The molecule has 1 heterocycles. The highest BCUT2D eigenvalue weighted by Crippen LogP contribution is 2.15. The normalized spacial score (nSPS) is 10.6. The second kappa shape index (κ2) is 5.76. The molecule has 0 N–H and O–H groups in total. The minimum atomic E-state index is -0.257. The van der Waals surface area contributed by atoms with Crippen molar-refractivity contribution in [3.63, 3.8) is 0 Å². The molecule has 4 heteroatoms. The largest absolute Gasteiger partial charge is 0.297 e. The van der Waals surface area contributed by atoms with Crippen LogP contribution in [-0.2, 0) is 13.1 Å². The van der Waals surface area contributed by atoms with E-state index >= 15 is 0 Å². The Morgan fingerprint density at radius 1 is 1.33 bits per heavy atom. The molecular weight excluding hydrogens is 247 g/mol. The predicted octanol–water partition coefficient (Wildman–Crippen LogP) is 3.39. The number of halogens is 1. The van der Waals surface area contributed by atoms with Crippen molar-refractivity contribution in [2.45, 2.75) is 13.1 Å². The molecule has 0 atom stereocenters. The van der Waals surface area contributed by atoms with Gasteiger partial charge in [0.2, 0.25) is 0 Å². The average Bonchev–Trinajstić information content (AvgIpc) is 2.84. The first-order chi connectivity index (χ1) is 8.69. The van der Waals surface area contributed by atoms with Gasteiger partial charge >= 0.3 is 0 Å². The Kier molecular flexibility index (Phi) is 4.08. The number of hydrogen-bond acceptors (Lipinski definition) is 3. The molecule has 0 bridgehead atoms. The van der Waals surface area contributed by atoms with Gasteiger partial charge in [-0.05, 0) is 36.7 Å². The Morgan fingerprint density at radius 2 is 2.17 bits per heavy atom. The van der Waals surface area contributed by atoms with Crippen LogP contribution in [-0.4, -0.2) is 11.9 Å². The molecule has 1 aromatic carbocycles. The molecule has 1 aromatic heterocycles. The smallest absolute Gasteiger partial charge is 0.127 e. The van der Waals surface area contributed by atoms with Crippen LogP contribution in [0.25, 0.3) is 0 Å². The fourth-order valence-electron chi connectivity index (χ4n) is 1.78. The van der Waals surface area contributed by atoms with Crippen molar-refractivity contribution in [3.8, 4) is 6.07 Å². The van der Waals surface area contributed by atoms with Crippen molar-refractivity contribution in [3.05, 3.63) is 57.5 Å². The molecule has 0 saturated carbocycles. The molecule has 0 aliphatic heterocycles. The van der Waals surface area contributed by atoms with Gasteiger partial charge < -0.3 is 0 Å². The van der Waals surface area contributed by atoms with Crippen LogP contribution in [0.5, 0.6) is 0 Å². The van der Waals surface area contributed by atoms with Gasteiger partial charge in [-0.2, -0.15) is 5.26 Å². The molecule has 0 spiro atoms. The lowest BCUT2D eigenvalue weighted by Gasteiger charge is -2.16. The van der Waals surface area contributed by atoms with E-state index in [1.54, 1.807) is 17.4 Å². The summed E-state index contributed by atoms with van der Waals surface area (Å²) in [5.41, 5.74) is 1.06. The summed E-state index contributed by atoms with van der Waals surface area (Å²) in [7, 11) is 1.94. The van der Waals surface area contributed by atoms with Crippen molar-refractivity contribution in [1.29, 1.82) is 5.26 Å². The Morgan fingerprint density at radius 3 is 2.83 bits per heavy atom. The Bertz CT molecular complexity index is 558. The third-order valence-electron chi connectivity index (χ3n) is 2.62. The zero-order chi connectivity index (χ0) is 13.0. The van der Waals surface area contributed by atoms with Gasteiger partial charge in [-0.15, -0.1) is 11.3 Å². The summed E-state index contributed by atoms with van der Waals surface area (Å²) in [6.45, 7) is 1.28. The van der Waals surface area contributed by atoms with Gasteiger partial charge in [0.05, 0.1) is 11.6 Å². The summed E-state index contributed by atoms with van der Waals surface area (Å²) in [5, 5.41) is 10.8. The van der Waals surface area contributed by atoms with E-state index in [0.29, 0.717) is 17.7 Å². The van der Waals surface area contributed by atoms with E-state index in [1.165, 1.54) is 17.0 Å². The molecule has 0 aliphatic carbocycles. The number of hydrogen-bond donors (Lipinski definition) is 0. The maximum absolute atomic E-state index is 13.6. The molecule has 92 valence electrons. The molecule has 2 rings (SSSR count). The van der Waals surface area contributed by atoms with E-state index in [-0.39, 0.29) is 5.82 Å². The minimum Gasteiger partial charge on any atom is -0.297 e. The van der Waals surface area contributed by atoms with Gasteiger partial charge in [0.1, 0.15) is 5.82 Å². The Balaban J connectivity index is 2.07. The summed E-state index contributed by atoms with van der Waals surface area (Å²) >= 11 is 1.69. The number of nitrogens with zero attached hydrogens (tertiary/aromatic N) is 2. The van der Waals surface area contributed by atoms with Gasteiger partial charge in [0.25, 0.3) is 0 Å². The fourth-order valence-corrected chi connectivity index (χ4v) is 2.56. The van der Waals surface area contributed by atoms with Crippen LogP contribution in [0.3, 0.4) is 0 Å². The maximum Gasteiger partial charge on any atom is 0.127 e. The number of nitriles is 1. The second-order valence-corrected chi connectivity index (χ2v) is 5.20. The zero-order valence-corrected chi connectivity index (χ0v) is 10.9. The minimum absolute atomic E-state index is 0.257. The van der Waals surface area contributed by atoms with Gasteiger partial charge in [0.15, 0.2) is 0 Å². The number of thiophene rings is 1. The summed E-state index contributed by atoms with van der Waals surface area (Å²) < 4.78 is 13.6. The standard InChI is InChI=1S/C14H13FN2S/c1-17(10-13-3-2-6-18-13)9-12-7-11(8-16)4-5-14(12)15/h2-7H,9-10H2,1H3.